The maximum absolute atomic E-state index is 13.3. The summed E-state index contributed by atoms with van der Waals surface area (Å²) in [4.78, 5) is 26.3. The molecule has 6 nitrogen and oxygen atoms in total. The van der Waals surface area contributed by atoms with E-state index in [1.165, 1.54) is 257 Å². The zero-order chi connectivity index (χ0) is 47.4. The van der Waals surface area contributed by atoms with Crippen molar-refractivity contribution in [2.24, 2.45) is 0 Å². The SMILES string of the molecule is CCCCCCCCCCCCCCCCCCCCCC(=O)OC(CCCCCCCCCCCCCCC)CC(=O)NC(CO)C(O)CCCCCCCCCCCCCCCC. The van der Waals surface area contributed by atoms with Crippen LogP contribution in [0.25, 0.3) is 0 Å². The van der Waals surface area contributed by atoms with Gasteiger partial charge in [-0.25, -0.2) is 0 Å². The molecule has 0 saturated carbocycles. The van der Waals surface area contributed by atoms with E-state index in [0.29, 0.717) is 19.3 Å². The third-order valence-corrected chi connectivity index (χ3v) is 14.2. The van der Waals surface area contributed by atoms with Gasteiger partial charge in [-0.1, -0.05) is 303 Å². The highest BCUT2D eigenvalue weighted by Crippen LogP contribution is 2.19. The van der Waals surface area contributed by atoms with Gasteiger partial charge in [-0.2, -0.15) is 0 Å². The molecule has 0 aliphatic rings. The van der Waals surface area contributed by atoms with Crippen LogP contribution in [0.3, 0.4) is 0 Å². The lowest BCUT2D eigenvalue weighted by Gasteiger charge is -2.24. The molecule has 1 amide bonds. The summed E-state index contributed by atoms with van der Waals surface area (Å²) in [6, 6.07) is -0.693. The molecule has 65 heavy (non-hydrogen) atoms. The smallest absolute Gasteiger partial charge is 0.306 e. The lowest BCUT2D eigenvalue weighted by molar-refractivity contribution is -0.151. The number of rotatable bonds is 55. The third kappa shape index (κ3) is 49.1. The van der Waals surface area contributed by atoms with E-state index in [2.05, 4.69) is 26.1 Å². The Balaban J connectivity index is 4.43. The first kappa shape index (κ1) is 63.9. The van der Waals surface area contributed by atoms with E-state index >= 15 is 0 Å². The Morgan fingerprint density at radius 2 is 0.646 bits per heavy atom. The normalized spacial score (nSPS) is 13.0. The minimum absolute atomic E-state index is 0.0886. The molecule has 0 fully saturated rings. The van der Waals surface area contributed by atoms with Gasteiger partial charge >= 0.3 is 5.97 Å². The highest BCUT2D eigenvalue weighted by molar-refractivity contribution is 5.77. The summed E-state index contributed by atoms with van der Waals surface area (Å²) in [6.07, 6.45) is 60.3. The fraction of sp³-hybridized carbons (Fsp3) is 0.966. The van der Waals surface area contributed by atoms with Crippen molar-refractivity contribution in [3.8, 4) is 0 Å². The number of carbonyl (C=O) groups excluding carboxylic acids is 2. The number of nitrogens with one attached hydrogen (secondary N) is 1. The van der Waals surface area contributed by atoms with Gasteiger partial charge in [0.15, 0.2) is 0 Å². The molecular formula is C59H117NO5. The van der Waals surface area contributed by atoms with Crippen LogP contribution in [0.2, 0.25) is 0 Å². The van der Waals surface area contributed by atoms with Crippen molar-refractivity contribution >= 4 is 11.9 Å². The summed E-state index contributed by atoms with van der Waals surface area (Å²) in [7, 11) is 0. The van der Waals surface area contributed by atoms with Crippen LogP contribution in [0.5, 0.6) is 0 Å². The zero-order valence-electron chi connectivity index (χ0n) is 44.4. The van der Waals surface area contributed by atoms with Crippen LogP contribution in [0.15, 0.2) is 0 Å². The van der Waals surface area contributed by atoms with Crippen molar-refractivity contribution in [3.05, 3.63) is 0 Å². The summed E-state index contributed by atoms with van der Waals surface area (Å²) < 4.78 is 5.97. The van der Waals surface area contributed by atoms with Crippen LogP contribution < -0.4 is 5.32 Å². The molecule has 0 aliphatic carbocycles. The Bertz CT molecular complexity index is 944. The number of aliphatic hydroxyl groups is 2. The van der Waals surface area contributed by atoms with Crippen molar-refractivity contribution in [1.29, 1.82) is 0 Å². The van der Waals surface area contributed by atoms with Crippen LogP contribution in [0, 0.1) is 0 Å². The highest BCUT2D eigenvalue weighted by atomic mass is 16.5. The Morgan fingerprint density at radius 1 is 0.385 bits per heavy atom. The summed E-state index contributed by atoms with van der Waals surface area (Å²) >= 11 is 0. The Hall–Kier alpha value is -1.14. The number of aliphatic hydroxyl groups excluding tert-OH is 2. The molecule has 0 aromatic rings. The number of ether oxygens (including phenoxy) is 1. The van der Waals surface area contributed by atoms with Crippen molar-refractivity contribution < 1.29 is 24.5 Å². The molecule has 0 bridgehead atoms. The van der Waals surface area contributed by atoms with E-state index in [4.69, 9.17) is 4.74 Å². The van der Waals surface area contributed by atoms with Gasteiger partial charge in [0.2, 0.25) is 5.91 Å². The monoisotopic (exact) mass is 920 g/mol. The van der Waals surface area contributed by atoms with Gasteiger partial charge in [0, 0.05) is 6.42 Å². The molecule has 388 valence electrons. The van der Waals surface area contributed by atoms with E-state index in [1.807, 2.05) is 0 Å². The van der Waals surface area contributed by atoms with Gasteiger partial charge in [-0.15, -0.1) is 0 Å². The molecule has 3 atom stereocenters. The minimum Gasteiger partial charge on any atom is -0.462 e. The molecule has 0 heterocycles. The minimum atomic E-state index is -0.780. The van der Waals surface area contributed by atoms with Gasteiger partial charge < -0.3 is 20.3 Å². The van der Waals surface area contributed by atoms with Crippen molar-refractivity contribution in [2.45, 2.75) is 360 Å². The maximum Gasteiger partial charge on any atom is 0.306 e. The number of esters is 1. The Morgan fingerprint density at radius 3 is 0.938 bits per heavy atom. The Labute approximate surface area is 406 Å². The average Bonchev–Trinajstić information content (AvgIpc) is 3.30. The van der Waals surface area contributed by atoms with Gasteiger partial charge in [0.25, 0.3) is 0 Å². The quantitative estimate of drug-likeness (QED) is 0.0417. The summed E-state index contributed by atoms with van der Waals surface area (Å²) in [5.74, 6) is -0.443. The topological polar surface area (TPSA) is 95.9 Å². The molecule has 0 rings (SSSR count). The van der Waals surface area contributed by atoms with Crippen molar-refractivity contribution in [1.82, 2.24) is 5.32 Å². The molecule has 0 aliphatic heterocycles. The first-order chi connectivity index (χ1) is 32.0. The first-order valence-corrected chi connectivity index (χ1v) is 29.8. The molecule has 0 spiro atoms. The molecule has 0 aromatic heterocycles. The lowest BCUT2D eigenvalue weighted by Crippen LogP contribution is -2.46. The number of hydrogen-bond donors (Lipinski definition) is 3. The van der Waals surface area contributed by atoms with Gasteiger partial charge in [0.1, 0.15) is 6.10 Å². The molecule has 0 aromatic carbocycles. The van der Waals surface area contributed by atoms with E-state index in [9.17, 15) is 19.8 Å². The molecule has 0 saturated heterocycles. The number of amides is 1. The standard InChI is InChI=1S/C59H117NO5/c1-4-7-10-13-16-19-22-25-27-28-29-30-31-34-37-40-43-46-49-52-59(64)65-55(50-47-44-41-38-35-32-24-21-18-15-12-9-6-3)53-58(63)60-56(54-61)57(62)51-48-45-42-39-36-33-26-23-20-17-14-11-8-5-2/h55-57,61-62H,4-54H2,1-3H3,(H,60,63). The van der Waals surface area contributed by atoms with Crippen molar-refractivity contribution in [3.63, 3.8) is 0 Å². The van der Waals surface area contributed by atoms with Crippen LogP contribution in [-0.4, -0.2) is 46.9 Å². The van der Waals surface area contributed by atoms with E-state index in [-0.39, 0.29) is 24.9 Å². The lowest BCUT2D eigenvalue weighted by atomic mass is 10.0. The van der Waals surface area contributed by atoms with Gasteiger partial charge in [0.05, 0.1) is 25.2 Å². The second-order valence-electron chi connectivity index (χ2n) is 20.8. The second kappa shape index (κ2) is 53.8. The number of hydrogen-bond acceptors (Lipinski definition) is 5. The van der Waals surface area contributed by atoms with Crippen LogP contribution in [-0.2, 0) is 14.3 Å². The fourth-order valence-corrected chi connectivity index (χ4v) is 9.67. The van der Waals surface area contributed by atoms with Crippen LogP contribution in [0.1, 0.15) is 342 Å². The van der Waals surface area contributed by atoms with E-state index in [0.717, 1.165) is 38.5 Å². The van der Waals surface area contributed by atoms with Crippen LogP contribution >= 0.6 is 0 Å². The van der Waals surface area contributed by atoms with Crippen LogP contribution in [0.4, 0.5) is 0 Å². The summed E-state index contributed by atoms with van der Waals surface area (Å²) in [6.45, 7) is 6.54. The highest BCUT2D eigenvalue weighted by Gasteiger charge is 2.24. The van der Waals surface area contributed by atoms with Crippen molar-refractivity contribution in [2.75, 3.05) is 6.61 Å². The second-order valence-corrected chi connectivity index (χ2v) is 20.8. The molecular weight excluding hydrogens is 803 g/mol. The Kier molecular flexibility index (Phi) is 52.9. The molecule has 3 unspecified atom stereocenters. The predicted molar refractivity (Wildman–Crippen MR) is 283 cm³/mol. The number of carbonyl (C=O) groups is 2. The van der Waals surface area contributed by atoms with E-state index < -0.39 is 18.2 Å². The van der Waals surface area contributed by atoms with E-state index in [1.54, 1.807) is 0 Å². The summed E-state index contributed by atoms with van der Waals surface area (Å²) in [5, 5.41) is 23.9. The summed E-state index contributed by atoms with van der Waals surface area (Å²) in [5.41, 5.74) is 0. The first-order valence-electron chi connectivity index (χ1n) is 29.8. The average molecular weight is 921 g/mol. The van der Waals surface area contributed by atoms with Gasteiger partial charge in [-0.3, -0.25) is 9.59 Å². The number of unbranched alkanes of at least 4 members (excludes halogenated alkanes) is 43. The third-order valence-electron chi connectivity index (χ3n) is 14.2. The predicted octanol–water partition coefficient (Wildman–Crippen LogP) is 18.3. The zero-order valence-corrected chi connectivity index (χ0v) is 44.4. The maximum atomic E-state index is 13.3. The van der Waals surface area contributed by atoms with Gasteiger partial charge in [-0.05, 0) is 25.7 Å². The largest absolute Gasteiger partial charge is 0.462 e. The molecule has 0 radical (unpaired) electrons. The fourth-order valence-electron chi connectivity index (χ4n) is 9.67. The molecule has 6 heteroatoms. The molecule has 3 N–H and O–H groups in total.